The third-order valence-corrected chi connectivity index (χ3v) is 5.47. The van der Waals surface area contributed by atoms with Crippen molar-refractivity contribution in [1.29, 1.82) is 0 Å². The van der Waals surface area contributed by atoms with Gasteiger partial charge in [0.2, 0.25) is 11.8 Å². The van der Waals surface area contributed by atoms with E-state index in [4.69, 9.17) is 15.2 Å². The number of nitrogens with zero attached hydrogens (tertiary/aromatic N) is 1. The van der Waals surface area contributed by atoms with Gasteiger partial charge >= 0.3 is 0 Å². The molecule has 33 heavy (non-hydrogen) atoms. The maximum atomic E-state index is 12.0. The fraction of sp³-hybridized carbons (Fsp3) is 0.522. The molecule has 1 unspecified atom stereocenters. The maximum Gasteiger partial charge on any atom is 0.275 e. The van der Waals surface area contributed by atoms with Gasteiger partial charge in [0.05, 0.1) is 6.20 Å². The number of benzene rings is 1. The van der Waals surface area contributed by atoms with Gasteiger partial charge in [0.15, 0.2) is 0 Å². The minimum atomic E-state index is -0.720. The van der Waals surface area contributed by atoms with Crippen LogP contribution in [-0.4, -0.2) is 54.3 Å². The normalized spacial score (nSPS) is 11.9. The molecule has 0 aliphatic carbocycles. The number of nitrogens with one attached hydrogen (secondary N) is 2. The Balaban J connectivity index is 1.55. The molecule has 0 spiro atoms. The van der Waals surface area contributed by atoms with Gasteiger partial charge in [-0.1, -0.05) is 38.0 Å². The van der Waals surface area contributed by atoms with Gasteiger partial charge in [-0.25, -0.2) is 4.98 Å². The van der Waals surface area contributed by atoms with Crippen LogP contribution in [0.25, 0.3) is 0 Å². The summed E-state index contributed by atoms with van der Waals surface area (Å²) in [6.07, 6.45) is 4.38. The molecule has 10 heteroatoms. The van der Waals surface area contributed by atoms with E-state index < -0.39 is 12.0 Å². The van der Waals surface area contributed by atoms with Crippen molar-refractivity contribution in [3.63, 3.8) is 0 Å². The number of carbonyl (C=O) groups excluding carboxylic acids is 2. The van der Waals surface area contributed by atoms with Crippen LogP contribution in [0.5, 0.6) is 10.9 Å². The van der Waals surface area contributed by atoms with E-state index in [-0.39, 0.29) is 12.5 Å². The number of rotatable bonds is 16. The highest BCUT2D eigenvalue weighted by atomic mass is 32.1. The Morgan fingerprint density at radius 1 is 1.18 bits per heavy atom. The maximum absolute atomic E-state index is 12.0. The van der Waals surface area contributed by atoms with Gasteiger partial charge in [0.25, 0.3) is 5.19 Å². The molecule has 2 amide bonds. The molecule has 1 atom stereocenters. The highest BCUT2D eigenvalue weighted by molar-refractivity contribution is 7.17. The van der Waals surface area contributed by atoms with Crippen molar-refractivity contribution >= 4 is 28.2 Å². The molecule has 2 rings (SSSR count). The van der Waals surface area contributed by atoms with Gasteiger partial charge in [0, 0.05) is 25.1 Å². The number of aromatic nitrogens is 1. The second-order valence-electron chi connectivity index (χ2n) is 8.08. The van der Waals surface area contributed by atoms with Gasteiger partial charge in [-0.2, -0.15) is 0 Å². The number of aliphatic hydroxyl groups excluding tert-OH is 1. The summed E-state index contributed by atoms with van der Waals surface area (Å²) in [6.45, 7) is 5.69. The first kappa shape index (κ1) is 26.6. The number of thiazole rings is 1. The van der Waals surface area contributed by atoms with Crippen LogP contribution in [-0.2, 0) is 4.79 Å². The highest BCUT2D eigenvalue weighted by Gasteiger charge is 2.10. The molecule has 0 radical (unpaired) electrons. The van der Waals surface area contributed by atoms with Crippen LogP contribution in [0.4, 0.5) is 5.00 Å². The van der Waals surface area contributed by atoms with Gasteiger partial charge < -0.3 is 30.9 Å². The van der Waals surface area contributed by atoms with Gasteiger partial charge in [-0.05, 0) is 36.6 Å². The number of aliphatic hydroxyl groups is 1. The van der Waals surface area contributed by atoms with Crippen LogP contribution in [0.1, 0.15) is 49.9 Å². The van der Waals surface area contributed by atoms with Crippen molar-refractivity contribution in [2.75, 3.05) is 31.6 Å². The Kier molecular flexibility index (Phi) is 11.6. The van der Waals surface area contributed by atoms with E-state index >= 15 is 0 Å². The SMILES string of the molecule is CC(C)CCCCC(=O)Nc1cnc(OCC(O)CNCCOc2ccc(C(N)=O)cc2)s1. The lowest BCUT2D eigenvalue weighted by Gasteiger charge is -2.12. The molecule has 5 N–H and O–H groups in total. The topological polar surface area (TPSA) is 136 Å². The monoisotopic (exact) mass is 478 g/mol. The largest absolute Gasteiger partial charge is 0.492 e. The molecule has 0 aliphatic rings. The molecule has 0 bridgehead atoms. The van der Waals surface area contributed by atoms with Crippen molar-refractivity contribution in [3.8, 4) is 10.9 Å². The molecule has 182 valence electrons. The molecular formula is C23H34N4O5S. The van der Waals surface area contributed by atoms with E-state index in [0.29, 0.717) is 53.5 Å². The second-order valence-corrected chi connectivity index (χ2v) is 9.08. The predicted molar refractivity (Wildman–Crippen MR) is 129 cm³/mol. The first-order valence-electron chi connectivity index (χ1n) is 11.1. The molecule has 1 aromatic heterocycles. The first-order valence-corrected chi connectivity index (χ1v) is 11.9. The molecule has 9 nitrogen and oxygen atoms in total. The zero-order valence-electron chi connectivity index (χ0n) is 19.2. The summed E-state index contributed by atoms with van der Waals surface area (Å²) < 4.78 is 11.1. The number of anilines is 1. The van der Waals surface area contributed by atoms with Crippen molar-refractivity contribution < 1.29 is 24.2 Å². The number of hydrogen-bond donors (Lipinski definition) is 4. The van der Waals surface area contributed by atoms with Crippen LogP contribution >= 0.6 is 11.3 Å². The predicted octanol–water partition coefficient (Wildman–Crippen LogP) is 2.81. The quantitative estimate of drug-likeness (QED) is 0.272. The number of unbranched alkanes of at least 4 members (excludes halogenated alkanes) is 1. The Labute approximate surface area is 198 Å². The number of hydrogen-bond acceptors (Lipinski definition) is 8. The summed E-state index contributed by atoms with van der Waals surface area (Å²) in [5.41, 5.74) is 5.62. The third-order valence-electron chi connectivity index (χ3n) is 4.65. The Morgan fingerprint density at radius 3 is 2.64 bits per heavy atom. The lowest BCUT2D eigenvalue weighted by molar-refractivity contribution is -0.116. The summed E-state index contributed by atoms with van der Waals surface area (Å²) in [6, 6.07) is 6.58. The summed E-state index contributed by atoms with van der Waals surface area (Å²) >= 11 is 1.23. The molecule has 2 aromatic rings. The Morgan fingerprint density at radius 2 is 1.94 bits per heavy atom. The van der Waals surface area contributed by atoms with E-state index in [2.05, 4.69) is 29.5 Å². The van der Waals surface area contributed by atoms with Crippen molar-refractivity contribution in [3.05, 3.63) is 36.0 Å². The number of nitrogens with two attached hydrogens (primary N) is 1. The van der Waals surface area contributed by atoms with Crippen LogP contribution in [0.15, 0.2) is 30.5 Å². The van der Waals surface area contributed by atoms with Gasteiger partial charge in [-0.3, -0.25) is 9.59 Å². The van der Waals surface area contributed by atoms with Crippen molar-refractivity contribution in [2.24, 2.45) is 11.7 Å². The standard InChI is InChI=1S/C23H34N4O5S/c1-16(2)5-3-4-6-20(29)27-21-14-26-23(33-21)32-15-18(28)13-25-11-12-31-19-9-7-17(8-10-19)22(24)30/h7-10,14,16,18,25,28H,3-6,11-13,15H2,1-2H3,(H2,24,30)(H,27,29). The van der Waals surface area contributed by atoms with Crippen LogP contribution in [0.3, 0.4) is 0 Å². The lowest BCUT2D eigenvalue weighted by atomic mass is 10.1. The lowest BCUT2D eigenvalue weighted by Crippen LogP contribution is -2.33. The summed E-state index contributed by atoms with van der Waals surface area (Å²) in [5.74, 6) is 0.782. The average molecular weight is 479 g/mol. The Hall–Kier alpha value is -2.69. The minimum absolute atomic E-state index is 0.0239. The summed E-state index contributed by atoms with van der Waals surface area (Å²) in [4.78, 5) is 27.2. The zero-order valence-corrected chi connectivity index (χ0v) is 20.0. The summed E-state index contributed by atoms with van der Waals surface area (Å²) in [7, 11) is 0. The van der Waals surface area contributed by atoms with Gasteiger partial charge in [0.1, 0.15) is 30.1 Å². The van der Waals surface area contributed by atoms with Crippen LogP contribution in [0.2, 0.25) is 0 Å². The van der Waals surface area contributed by atoms with E-state index in [1.807, 2.05) is 0 Å². The number of carbonyl (C=O) groups is 2. The fourth-order valence-electron chi connectivity index (χ4n) is 2.87. The second kappa shape index (κ2) is 14.5. The number of ether oxygens (including phenoxy) is 2. The van der Waals surface area contributed by atoms with Crippen molar-refractivity contribution in [2.45, 2.75) is 45.6 Å². The molecule has 0 fully saturated rings. The molecule has 0 saturated carbocycles. The van der Waals surface area contributed by atoms with E-state index in [9.17, 15) is 14.7 Å². The molecule has 0 saturated heterocycles. The number of primary amides is 1. The van der Waals surface area contributed by atoms with Crippen molar-refractivity contribution in [1.82, 2.24) is 10.3 Å². The Bertz CT molecular complexity index is 857. The van der Waals surface area contributed by atoms with E-state index in [1.54, 1.807) is 30.5 Å². The zero-order chi connectivity index (χ0) is 24.1. The molecular weight excluding hydrogens is 444 g/mol. The van der Waals surface area contributed by atoms with E-state index in [1.165, 1.54) is 11.3 Å². The van der Waals surface area contributed by atoms with E-state index in [0.717, 1.165) is 19.3 Å². The van der Waals surface area contributed by atoms with Crippen LogP contribution < -0.4 is 25.8 Å². The minimum Gasteiger partial charge on any atom is -0.492 e. The number of amides is 2. The fourth-order valence-corrected chi connectivity index (χ4v) is 3.56. The van der Waals surface area contributed by atoms with Crippen LogP contribution in [0, 0.1) is 5.92 Å². The molecule has 1 heterocycles. The smallest absolute Gasteiger partial charge is 0.275 e. The summed E-state index contributed by atoms with van der Waals surface area (Å²) in [5, 5.41) is 17.0. The third kappa shape index (κ3) is 11.1. The first-order chi connectivity index (χ1) is 15.8. The highest BCUT2D eigenvalue weighted by Crippen LogP contribution is 2.25. The van der Waals surface area contributed by atoms with Gasteiger partial charge in [-0.15, -0.1) is 0 Å². The molecule has 1 aromatic carbocycles. The molecule has 0 aliphatic heterocycles. The average Bonchev–Trinajstić information content (AvgIpc) is 3.22.